The molecule has 0 aliphatic heterocycles. The first-order chi connectivity index (χ1) is 9.15. The third-order valence-corrected chi connectivity index (χ3v) is 3.13. The van der Waals surface area contributed by atoms with Gasteiger partial charge in [-0.3, -0.25) is 4.79 Å². The van der Waals surface area contributed by atoms with Crippen molar-refractivity contribution in [2.75, 3.05) is 13.6 Å². The molecule has 0 saturated carbocycles. The van der Waals surface area contributed by atoms with Crippen LogP contribution in [0.1, 0.15) is 22.3 Å². The van der Waals surface area contributed by atoms with E-state index in [1.165, 1.54) is 0 Å². The molecule has 0 bridgehead atoms. The zero-order valence-electron chi connectivity index (χ0n) is 10.8. The van der Waals surface area contributed by atoms with Crippen molar-refractivity contribution >= 4 is 17.4 Å². The molecule has 100 valence electrons. The number of nitrogens with zero attached hydrogens (tertiary/aromatic N) is 1. The predicted molar refractivity (Wildman–Crippen MR) is 75.4 cm³/mol. The van der Waals surface area contributed by atoms with Gasteiger partial charge in [-0.25, -0.2) is 0 Å². The highest BCUT2D eigenvalue weighted by molar-refractivity contribution is 6.31. The predicted octanol–water partition coefficient (Wildman–Crippen LogP) is 3.64. The molecule has 1 aromatic heterocycles. The summed E-state index contributed by atoms with van der Waals surface area (Å²) >= 11 is 5.87. The van der Waals surface area contributed by atoms with E-state index in [1.807, 2.05) is 13.1 Å². The molecule has 4 heteroatoms. The normalized spacial score (nSPS) is 10.9. The molecule has 2 aromatic rings. The average Bonchev–Trinajstić information content (AvgIpc) is 2.88. The number of Topliss-reactive ketones (excluding diaryl/α,β-unsaturated/α-hetero) is 1. The lowest BCUT2D eigenvalue weighted by molar-refractivity contribution is 0.0968. The number of hydrogen-bond acceptors (Lipinski definition) is 3. The van der Waals surface area contributed by atoms with E-state index in [0.717, 1.165) is 12.1 Å². The van der Waals surface area contributed by atoms with Crippen LogP contribution in [-0.4, -0.2) is 24.3 Å². The van der Waals surface area contributed by atoms with Crippen molar-refractivity contribution in [3.05, 3.63) is 59.0 Å². The molecule has 2 rings (SSSR count). The van der Waals surface area contributed by atoms with Crippen molar-refractivity contribution in [3.8, 4) is 0 Å². The number of benzene rings is 1. The quantitative estimate of drug-likeness (QED) is 0.756. The second-order valence-electron chi connectivity index (χ2n) is 4.55. The van der Waals surface area contributed by atoms with Crippen LogP contribution in [0.15, 0.2) is 47.3 Å². The van der Waals surface area contributed by atoms with Crippen LogP contribution in [0.4, 0.5) is 0 Å². The lowest BCUT2D eigenvalue weighted by Crippen LogP contribution is -2.21. The summed E-state index contributed by atoms with van der Waals surface area (Å²) in [5.74, 6) is 0.113. The van der Waals surface area contributed by atoms with Crippen LogP contribution in [0, 0.1) is 0 Å². The van der Waals surface area contributed by atoms with E-state index >= 15 is 0 Å². The van der Waals surface area contributed by atoms with Crippen LogP contribution in [0.5, 0.6) is 0 Å². The molecule has 19 heavy (non-hydrogen) atoms. The number of hydrogen-bond donors (Lipinski definition) is 0. The minimum Gasteiger partial charge on any atom is -0.472 e. The highest BCUT2D eigenvalue weighted by Gasteiger charge is 2.08. The maximum Gasteiger partial charge on any atom is 0.164 e. The van der Waals surface area contributed by atoms with Crippen LogP contribution in [-0.2, 0) is 6.54 Å². The summed E-state index contributed by atoms with van der Waals surface area (Å²) in [6.45, 7) is 1.48. The largest absolute Gasteiger partial charge is 0.472 e. The second kappa shape index (κ2) is 6.55. The Morgan fingerprint density at radius 2 is 2.21 bits per heavy atom. The molecule has 0 saturated heterocycles. The summed E-state index contributed by atoms with van der Waals surface area (Å²) in [6.07, 6.45) is 3.85. The third-order valence-electron chi connectivity index (χ3n) is 2.90. The van der Waals surface area contributed by atoms with Crippen molar-refractivity contribution in [2.45, 2.75) is 13.0 Å². The summed E-state index contributed by atoms with van der Waals surface area (Å²) in [5, 5.41) is 0.595. The molecular weight excluding hydrogens is 262 g/mol. The fourth-order valence-corrected chi connectivity index (χ4v) is 2.06. The summed E-state index contributed by atoms with van der Waals surface area (Å²) in [4.78, 5) is 14.1. The number of carbonyl (C=O) groups is 1. The highest BCUT2D eigenvalue weighted by atomic mass is 35.5. The Morgan fingerprint density at radius 1 is 1.37 bits per heavy atom. The number of furan rings is 1. The highest BCUT2D eigenvalue weighted by Crippen LogP contribution is 2.13. The van der Waals surface area contributed by atoms with Crippen molar-refractivity contribution in [1.29, 1.82) is 0 Å². The van der Waals surface area contributed by atoms with Gasteiger partial charge in [0.2, 0.25) is 0 Å². The molecule has 0 unspecified atom stereocenters. The fraction of sp³-hybridized carbons (Fsp3) is 0.267. The van der Waals surface area contributed by atoms with Crippen LogP contribution in [0.25, 0.3) is 0 Å². The van der Waals surface area contributed by atoms with E-state index in [9.17, 15) is 4.79 Å². The molecular formula is C15H16ClNO2. The van der Waals surface area contributed by atoms with E-state index < -0.39 is 0 Å². The third kappa shape index (κ3) is 4.23. The number of rotatable bonds is 6. The maximum absolute atomic E-state index is 12.0. The van der Waals surface area contributed by atoms with Crippen LogP contribution >= 0.6 is 11.6 Å². The Hall–Kier alpha value is -1.58. The van der Waals surface area contributed by atoms with Gasteiger partial charge in [-0.05, 0) is 25.2 Å². The first kappa shape index (κ1) is 13.8. The minimum absolute atomic E-state index is 0.113. The Morgan fingerprint density at radius 3 is 2.89 bits per heavy atom. The average molecular weight is 278 g/mol. The van der Waals surface area contributed by atoms with Crippen molar-refractivity contribution in [3.63, 3.8) is 0 Å². The van der Waals surface area contributed by atoms with Gasteiger partial charge in [-0.2, -0.15) is 0 Å². The topological polar surface area (TPSA) is 33.5 Å². The molecule has 0 N–H and O–H groups in total. The minimum atomic E-state index is 0.113. The van der Waals surface area contributed by atoms with Gasteiger partial charge in [0.05, 0.1) is 12.5 Å². The molecule has 0 aliphatic rings. The molecule has 3 nitrogen and oxygen atoms in total. The van der Waals surface area contributed by atoms with Gasteiger partial charge in [-0.15, -0.1) is 0 Å². The molecule has 1 heterocycles. The van der Waals surface area contributed by atoms with Crippen molar-refractivity contribution in [2.24, 2.45) is 0 Å². The monoisotopic (exact) mass is 277 g/mol. The Kier molecular flexibility index (Phi) is 4.77. The first-order valence-electron chi connectivity index (χ1n) is 6.13. The van der Waals surface area contributed by atoms with Gasteiger partial charge in [0.15, 0.2) is 5.78 Å². The smallest absolute Gasteiger partial charge is 0.164 e. The van der Waals surface area contributed by atoms with Crippen molar-refractivity contribution < 1.29 is 9.21 Å². The van der Waals surface area contributed by atoms with Gasteiger partial charge in [0.25, 0.3) is 0 Å². The van der Waals surface area contributed by atoms with E-state index in [0.29, 0.717) is 23.6 Å². The SMILES string of the molecule is CN(CCC(=O)c1cccc(Cl)c1)Cc1ccoc1. The van der Waals surface area contributed by atoms with Gasteiger partial charge in [0.1, 0.15) is 0 Å². The van der Waals surface area contributed by atoms with E-state index in [4.69, 9.17) is 16.0 Å². The number of ketones is 1. The van der Waals surface area contributed by atoms with Gasteiger partial charge < -0.3 is 9.32 Å². The lowest BCUT2D eigenvalue weighted by atomic mass is 10.1. The van der Waals surface area contributed by atoms with Crippen LogP contribution in [0.3, 0.4) is 0 Å². The van der Waals surface area contributed by atoms with Gasteiger partial charge in [-0.1, -0.05) is 23.7 Å². The Bertz CT molecular complexity index is 537. The Balaban J connectivity index is 1.83. The molecule has 0 radical (unpaired) electrons. The number of halogens is 1. The molecule has 0 spiro atoms. The lowest BCUT2D eigenvalue weighted by Gasteiger charge is -2.14. The summed E-state index contributed by atoms with van der Waals surface area (Å²) in [6, 6.07) is 8.99. The van der Waals surface area contributed by atoms with Crippen LogP contribution < -0.4 is 0 Å². The van der Waals surface area contributed by atoms with E-state index in [1.54, 1.807) is 36.8 Å². The molecule has 0 atom stereocenters. The second-order valence-corrected chi connectivity index (χ2v) is 4.99. The fourth-order valence-electron chi connectivity index (χ4n) is 1.87. The summed E-state index contributed by atoms with van der Waals surface area (Å²) in [7, 11) is 1.98. The summed E-state index contributed by atoms with van der Waals surface area (Å²) < 4.78 is 5.02. The summed E-state index contributed by atoms with van der Waals surface area (Å²) in [5.41, 5.74) is 1.78. The molecule has 0 fully saturated rings. The standard InChI is InChI=1S/C15H16ClNO2/c1-17(10-12-6-8-19-11-12)7-5-15(18)13-3-2-4-14(16)9-13/h2-4,6,8-9,11H,5,7,10H2,1H3. The van der Waals surface area contributed by atoms with Gasteiger partial charge >= 0.3 is 0 Å². The van der Waals surface area contributed by atoms with Crippen molar-refractivity contribution in [1.82, 2.24) is 4.90 Å². The first-order valence-corrected chi connectivity index (χ1v) is 6.51. The van der Waals surface area contributed by atoms with Crippen LogP contribution in [0.2, 0.25) is 5.02 Å². The Labute approximate surface area is 117 Å². The zero-order valence-corrected chi connectivity index (χ0v) is 11.6. The molecule has 0 aliphatic carbocycles. The number of carbonyl (C=O) groups excluding carboxylic acids is 1. The van der Waals surface area contributed by atoms with E-state index in [2.05, 4.69) is 4.90 Å². The van der Waals surface area contributed by atoms with E-state index in [-0.39, 0.29) is 5.78 Å². The molecule has 0 amide bonds. The van der Waals surface area contributed by atoms with Gasteiger partial charge in [0, 0.05) is 35.7 Å². The maximum atomic E-state index is 12.0. The zero-order chi connectivity index (χ0) is 13.7. The molecule has 1 aromatic carbocycles.